The molecule has 0 spiro atoms. The fraction of sp³-hybridized carbons (Fsp3) is 0.214. The van der Waals surface area contributed by atoms with E-state index >= 15 is 0 Å². The van der Waals surface area contributed by atoms with Gasteiger partial charge in [-0.3, -0.25) is 14.5 Å². The van der Waals surface area contributed by atoms with Crippen LogP contribution in [0.1, 0.15) is 32.7 Å². The zero-order valence-electron chi connectivity index (χ0n) is 20.4. The monoisotopic (exact) mass is 535 g/mol. The summed E-state index contributed by atoms with van der Waals surface area (Å²) in [6.45, 7) is 1.20. The number of benzene rings is 2. The van der Waals surface area contributed by atoms with Gasteiger partial charge in [0.1, 0.15) is 27.8 Å². The average Bonchev–Trinajstić information content (AvgIpc) is 3.50. The number of rotatable bonds is 8. The number of hydrogen-bond acceptors (Lipinski definition) is 6. The van der Waals surface area contributed by atoms with E-state index in [1.807, 2.05) is 72.1 Å². The van der Waals surface area contributed by atoms with Gasteiger partial charge in [-0.1, -0.05) is 41.9 Å². The average molecular weight is 536 g/mol. The van der Waals surface area contributed by atoms with Crippen LogP contribution in [0.2, 0.25) is 5.02 Å². The number of amides is 1. The van der Waals surface area contributed by atoms with Gasteiger partial charge in [-0.25, -0.2) is 0 Å². The lowest BCUT2D eigenvalue weighted by Crippen LogP contribution is -2.29. The van der Waals surface area contributed by atoms with Crippen LogP contribution in [-0.4, -0.2) is 34.1 Å². The molecule has 0 aliphatic heterocycles. The topological polar surface area (TPSA) is 87.7 Å². The fourth-order valence-corrected chi connectivity index (χ4v) is 5.61. The largest absolute Gasteiger partial charge is 0.458 e. The highest BCUT2D eigenvalue weighted by Gasteiger charge is 2.19. The molecule has 0 fully saturated rings. The van der Waals surface area contributed by atoms with Crippen molar-refractivity contribution in [1.82, 2.24) is 14.8 Å². The van der Waals surface area contributed by atoms with E-state index < -0.39 is 12.0 Å². The van der Waals surface area contributed by atoms with Crippen LogP contribution in [0.4, 0.5) is 0 Å². The maximum Gasteiger partial charge on any atom is 0.257 e. The summed E-state index contributed by atoms with van der Waals surface area (Å²) in [7, 11) is 3.73. The van der Waals surface area contributed by atoms with E-state index in [0.717, 1.165) is 26.2 Å². The molecule has 1 unspecified atom stereocenters. The Morgan fingerprint density at radius 2 is 1.95 bits per heavy atom. The molecule has 0 aliphatic rings. The van der Waals surface area contributed by atoms with Gasteiger partial charge in [0.25, 0.3) is 5.91 Å². The summed E-state index contributed by atoms with van der Waals surface area (Å²) in [6.07, 6.45) is 0.797. The van der Waals surface area contributed by atoms with Crippen LogP contribution in [0.3, 0.4) is 0 Å². The molecule has 190 valence electrons. The highest BCUT2D eigenvalue weighted by Crippen LogP contribution is 2.27. The third-order valence-electron chi connectivity index (χ3n) is 6.19. The lowest BCUT2D eigenvalue weighted by molar-refractivity contribution is 0.0949. The fourth-order valence-electron chi connectivity index (χ4n) is 4.31. The molecular weight excluding hydrogens is 510 g/mol. The zero-order chi connectivity index (χ0) is 26.1. The van der Waals surface area contributed by atoms with Crippen LogP contribution >= 0.6 is 22.9 Å². The molecule has 0 saturated carbocycles. The molecule has 0 saturated heterocycles. The quantitative estimate of drug-likeness (QED) is 0.289. The number of nitrogens with one attached hydrogen (secondary N) is 1. The number of aliphatic hydroxyl groups excluding tert-OH is 1. The molecule has 0 bridgehead atoms. The molecule has 7 nitrogen and oxygen atoms in total. The van der Waals surface area contributed by atoms with Gasteiger partial charge in [-0.15, -0.1) is 11.3 Å². The number of pyridine rings is 1. The number of furan rings is 1. The van der Waals surface area contributed by atoms with Gasteiger partial charge in [0, 0.05) is 48.2 Å². The molecule has 1 atom stereocenters. The van der Waals surface area contributed by atoms with Gasteiger partial charge in [-0.05, 0) is 42.9 Å². The number of aryl methyl sites for hydroxylation is 1. The first kappa shape index (κ1) is 25.2. The highest BCUT2D eigenvalue weighted by atomic mass is 35.5. The minimum Gasteiger partial charge on any atom is -0.458 e. The second kappa shape index (κ2) is 10.5. The van der Waals surface area contributed by atoms with Gasteiger partial charge in [-0.2, -0.15) is 0 Å². The Morgan fingerprint density at radius 3 is 2.70 bits per heavy atom. The number of aliphatic hydroxyl groups is 1. The Balaban J connectivity index is 1.29. The van der Waals surface area contributed by atoms with Crippen LogP contribution in [0, 0.1) is 0 Å². The molecule has 2 N–H and O–H groups in total. The van der Waals surface area contributed by atoms with Crippen molar-refractivity contribution >= 4 is 50.0 Å². The van der Waals surface area contributed by atoms with Gasteiger partial charge in [0.2, 0.25) is 5.43 Å². The van der Waals surface area contributed by atoms with Gasteiger partial charge in [0.15, 0.2) is 0 Å². The number of carbonyl (C=O) groups is 1. The Morgan fingerprint density at radius 1 is 1.19 bits per heavy atom. The first-order chi connectivity index (χ1) is 17.8. The Labute approximate surface area is 222 Å². The smallest absolute Gasteiger partial charge is 0.257 e. The van der Waals surface area contributed by atoms with Crippen molar-refractivity contribution in [3.63, 3.8) is 0 Å². The molecule has 5 rings (SSSR count). The molecule has 3 heterocycles. The Kier molecular flexibility index (Phi) is 7.17. The second-order valence-corrected chi connectivity index (χ2v) is 10.7. The minimum atomic E-state index is -0.783. The van der Waals surface area contributed by atoms with E-state index in [1.165, 1.54) is 11.3 Å². The third kappa shape index (κ3) is 5.47. The summed E-state index contributed by atoms with van der Waals surface area (Å²) in [5.74, 6) is 0.100. The highest BCUT2D eigenvalue weighted by molar-refractivity contribution is 7.18. The van der Waals surface area contributed by atoms with Crippen LogP contribution in [-0.2, 0) is 20.1 Å². The number of aromatic nitrogens is 1. The predicted octanol–water partition coefficient (Wildman–Crippen LogP) is 5.10. The molecule has 5 aromatic rings. The minimum absolute atomic E-state index is 0.0991. The lowest BCUT2D eigenvalue weighted by Gasteiger charge is -2.18. The van der Waals surface area contributed by atoms with E-state index in [1.54, 1.807) is 18.3 Å². The van der Waals surface area contributed by atoms with Crippen LogP contribution in [0.25, 0.3) is 21.2 Å². The molecule has 2 aromatic carbocycles. The van der Waals surface area contributed by atoms with Crippen molar-refractivity contribution < 1.29 is 14.3 Å². The third-order valence-corrected chi connectivity index (χ3v) is 7.65. The SMILES string of the molecule is CN(Cc1cc2c(=O)c(C(=O)NCc3ccc(Cl)cc3)cn(C)c2s1)CC(O)c1cc2ccccc2o1. The van der Waals surface area contributed by atoms with Crippen molar-refractivity contribution in [1.29, 1.82) is 0 Å². The number of thiophene rings is 1. The number of para-hydroxylation sites is 1. The standard InChI is InChI=1S/C28H26ClN3O4S/c1-31(16-23(33)25-11-18-5-3-4-6-24(18)36-25)14-20-12-21-26(34)22(15-32(2)28(21)37-20)27(35)30-13-17-7-9-19(29)10-8-17/h3-12,15,23,33H,13-14,16H2,1-2H3,(H,30,35). The van der Waals surface area contributed by atoms with E-state index in [9.17, 15) is 14.7 Å². The number of carbonyl (C=O) groups excluding carboxylic acids is 1. The van der Waals surface area contributed by atoms with Crippen molar-refractivity contribution in [2.24, 2.45) is 7.05 Å². The summed E-state index contributed by atoms with van der Waals surface area (Å²) in [4.78, 5) is 29.7. The summed E-state index contributed by atoms with van der Waals surface area (Å²) in [5, 5.41) is 15.6. The maximum absolute atomic E-state index is 13.2. The van der Waals surface area contributed by atoms with E-state index in [0.29, 0.717) is 35.8 Å². The van der Waals surface area contributed by atoms with E-state index in [2.05, 4.69) is 5.32 Å². The first-order valence-corrected chi connectivity index (χ1v) is 13.0. The van der Waals surface area contributed by atoms with Crippen molar-refractivity contribution in [3.8, 4) is 0 Å². The normalized spacial score (nSPS) is 12.5. The number of fused-ring (bicyclic) bond motifs is 2. The number of likely N-dealkylation sites (N-methyl/N-ethyl adjacent to an activating group) is 1. The zero-order valence-corrected chi connectivity index (χ0v) is 22.0. The molecule has 1 amide bonds. The number of halogens is 1. The number of hydrogen-bond donors (Lipinski definition) is 2. The molecule has 0 radical (unpaired) electrons. The molecule has 37 heavy (non-hydrogen) atoms. The van der Waals surface area contributed by atoms with Gasteiger partial charge < -0.3 is 19.4 Å². The summed E-state index contributed by atoms with van der Waals surface area (Å²) in [6, 6.07) is 18.5. The summed E-state index contributed by atoms with van der Waals surface area (Å²) in [5.41, 5.74) is 1.43. The lowest BCUT2D eigenvalue weighted by atomic mass is 10.2. The van der Waals surface area contributed by atoms with E-state index in [4.69, 9.17) is 16.0 Å². The van der Waals surface area contributed by atoms with Gasteiger partial charge in [0.05, 0.1) is 5.39 Å². The maximum atomic E-state index is 13.2. The molecule has 9 heteroatoms. The van der Waals surface area contributed by atoms with Crippen molar-refractivity contribution in [2.75, 3.05) is 13.6 Å². The molecule has 3 aromatic heterocycles. The molecule has 0 aliphatic carbocycles. The van der Waals surface area contributed by atoms with Crippen LogP contribution in [0.5, 0.6) is 0 Å². The van der Waals surface area contributed by atoms with Crippen molar-refractivity contribution in [2.45, 2.75) is 19.2 Å². The van der Waals surface area contributed by atoms with Crippen LogP contribution in [0.15, 0.2) is 76.1 Å². The first-order valence-electron chi connectivity index (χ1n) is 11.8. The summed E-state index contributed by atoms with van der Waals surface area (Å²) < 4.78 is 7.60. The Hall–Kier alpha value is -3.43. The van der Waals surface area contributed by atoms with E-state index in [-0.39, 0.29) is 11.0 Å². The molecular formula is C28H26ClN3O4S. The Bertz CT molecular complexity index is 1600. The number of nitrogens with zero attached hydrogens (tertiary/aromatic N) is 2. The van der Waals surface area contributed by atoms with Crippen LogP contribution < -0.4 is 10.7 Å². The summed E-state index contributed by atoms with van der Waals surface area (Å²) >= 11 is 7.41. The van der Waals surface area contributed by atoms with Crippen molar-refractivity contribution in [3.05, 3.63) is 104 Å². The second-order valence-electron chi connectivity index (χ2n) is 9.12. The van der Waals surface area contributed by atoms with Gasteiger partial charge >= 0.3 is 0 Å². The predicted molar refractivity (Wildman–Crippen MR) is 147 cm³/mol.